The molecular weight excluding hydrogens is 288 g/mol. The molecule has 2 aromatic rings. The van der Waals surface area contributed by atoms with E-state index >= 15 is 0 Å². The predicted octanol–water partition coefficient (Wildman–Crippen LogP) is 2.76. The van der Waals surface area contributed by atoms with Crippen LogP contribution in [0.4, 0.5) is 0 Å². The molecule has 0 aliphatic heterocycles. The van der Waals surface area contributed by atoms with Gasteiger partial charge in [-0.2, -0.15) is 0 Å². The van der Waals surface area contributed by atoms with Gasteiger partial charge < -0.3 is 4.74 Å². The van der Waals surface area contributed by atoms with Crippen molar-refractivity contribution in [1.82, 2.24) is 0 Å². The smallest absolute Gasteiger partial charge is 0.343 e. The van der Waals surface area contributed by atoms with Crippen LogP contribution in [0.5, 0.6) is 5.75 Å². The lowest BCUT2D eigenvalue weighted by atomic mass is 10.1. The fourth-order valence-electron chi connectivity index (χ4n) is 1.87. The molecule has 0 aromatic heterocycles. The highest BCUT2D eigenvalue weighted by Gasteiger charge is 2.11. The van der Waals surface area contributed by atoms with Crippen molar-refractivity contribution in [2.75, 3.05) is 6.26 Å². The summed E-state index contributed by atoms with van der Waals surface area (Å²) in [4.78, 5) is 12.0. The molecule has 2 rings (SSSR count). The van der Waals surface area contributed by atoms with E-state index in [0.717, 1.165) is 5.56 Å². The third kappa shape index (κ3) is 4.43. The second-order valence-corrected chi connectivity index (χ2v) is 7.06. The lowest BCUT2D eigenvalue weighted by Gasteiger charge is -2.07. The fourth-order valence-corrected chi connectivity index (χ4v) is 2.67. The minimum Gasteiger partial charge on any atom is -0.423 e. The Morgan fingerprint density at radius 1 is 1.05 bits per heavy atom. The van der Waals surface area contributed by atoms with Crippen LogP contribution in [-0.4, -0.2) is 20.6 Å². The van der Waals surface area contributed by atoms with E-state index in [4.69, 9.17) is 4.74 Å². The molecule has 21 heavy (non-hydrogen) atoms. The zero-order chi connectivity index (χ0) is 15.5. The highest BCUT2D eigenvalue weighted by Crippen LogP contribution is 2.18. The van der Waals surface area contributed by atoms with Crippen molar-refractivity contribution in [3.05, 3.63) is 65.2 Å². The normalized spacial score (nSPS) is 11.1. The summed E-state index contributed by atoms with van der Waals surface area (Å²) < 4.78 is 27.7. The lowest BCUT2D eigenvalue weighted by Crippen LogP contribution is -2.09. The van der Waals surface area contributed by atoms with Crippen LogP contribution in [0.1, 0.15) is 21.5 Å². The number of carbonyl (C=O) groups excluding carboxylic acids is 1. The molecule has 0 heterocycles. The van der Waals surface area contributed by atoms with Gasteiger partial charge in [-0.3, -0.25) is 0 Å². The molecule has 0 radical (unpaired) electrons. The number of carbonyl (C=O) groups is 1. The van der Waals surface area contributed by atoms with Crippen molar-refractivity contribution in [2.45, 2.75) is 12.7 Å². The van der Waals surface area contributed by atoms with Gasteiger partial charge >= 0.3 is 5.97 Å². The monoisotopic (exact) mass is 304 g/mol. The van der Waals surface area contributed by atoms with Gasteiger partial charge in [-0.1, -0.05) is 30.3 Å². The van der Waals surface area contributed by atoms with Gasteiger partial charge in [-0.05, 0) is 36.2 Å². The molecule has 2 aromatic carbocycles. The first-order chi connectivity index (χ1) is 9.85. The van der Waals surface area contributed by atoms with Gasteiger partial charge in [-0.15, -0.1) is 0 Å². The Morgan fingerprint density at radius 3 is 2.24 bits per heavy atom. The van der Waals surface area contributed by atoms with Crippen LogP contribution >= 0.6 is 0 Å². The largest absolute Gasteiger partial charge is 0.423 e. The summed E-state index contributed by atoms with van der Waals surface area (Å²) >= 11 is 0. The number of aryl methyl sites for hydroxylation is 1. The highest BCUT2D eigenvalue weighted by atomic mass is 32.2. The average Bonchev–Trinajstić information content (AvgIpc) is 2.40. The Labute approximate surface area is 124 Å². The minimum absolute atomic E-state index is 0.0415. The van der Waals surface area contributed by atoms with E-state index in [2.05, 4.69) is 0 Å². The topological polar surface area (TPSA) is 60.4 Å². The summed E-state index contributed by atoms with van der Waals surface area (Å²) in [5, 5.41) is 0. The molecule has 0 atom stereocenters. The average molecular weight is 304 g/mol. The first kappa shape index (κ1) is 15.3. The van der Waals surface area contributed by atoms with E-state index in [1.807, 2.05) is 19.1 Å². The van der Waals surface area contributed by atoms with Crippen LogP contribution in [0.2, 0.25) is 0 Å². The van der Waals surface area contributed by atoms with Gasteiger partial charge in [0.1, 0.15) is 5.75 Å². The van der Waals surface area contributed by atoms with Gasteiger partial charge in [0.2, 0.25) is 0 Å². The number of hydrogen-bond donors (Lipinski definition) is 0. The molecule has 110 valence electrons. The number of esters is 1. The number of hydrogen-bond acceptors (Lipinski definition) is 4. The van der Waals surface area contributed by atoms with E-state index in [-0.39, 0.29) is 5.75 Å². The first-order valence-electron chi connectivity index (χ1n) is 6.39. The number of benzene rings is 2. The third-order valence-electron chi connectivity index (χ3n) is 2.91. The van der Waals surface area contributed by atoms with Crippen LogP contribution in [0.15, 0.2) is 48.5 Å². The van der Waals surface area contributed by atoms with Gasteiger partial charge in [0.05, 0.1) is 11.3 Å². The van der Waals surface area contributed by atoms with Crippen molar-refractivity contribution >= 4 is 15.8 Å². The Bertz CT molecular complexity index is 746. The number of rotatable bonds is 4. The van der Waals surface area contributed by atoms with Gasteiger partial charge in [0.15, 0.2) is 9.84 Å². The Hall–Kier alpha value is -2.14. The summed E-state index contributed by atoms with van der Waals surface area (Å²) in [7, 11) is -3.08. The van der Waals surface area contributed by atoms with Crippen molar-refractivity contribution in [3.63, 3.8) is 0 Å². The third-order valence-corrected chi connectivity index (χ3v) is 3.77. The molecule has 0 bridgehead atoms. The summed E-state index contributed by atoms with van der Waals surface area (Å²) in [5.41, 5.74) is 1.90. The zero-order valence-corrected chi connectivity index (χ0v) is 12.7. The van der Waals surface area contributed by atoms with Gasteiger partial charge in [0, 0.05) is 6.26 Å². The quantitative estimate of drug-likeness (QED) is 0.643. The van der Waals surface area contributed by atoms with Crippen molar-refractivity contribution in [3.8, 4) is 5.75 Å². The molecule has 0 fully saturated rings. The molecule has 0 saturated carbocycles. The standard InChI is InChI=1S/C16H16O4S/c1-12-5-3-4-6-15(12)20-16(17)14-9-7-13(8-10-14)11-21(2,18)19/h3-10H,11H2,1-2H3. The number of para-hydroxylation sites is 1. The minimum atomic E-state index is -3.08. The highest BCUT2D eigenvalue weighted by molar-refractivity contribution is 7.89. The SMILES string of the molecule is Cc1ccccc1OC(=O)c1ccc(CS(C)(=O)=O)cc1. The fraction of sp³-hybridized carbons (Fsp3) is 0.188. The van der Waals surface area contributed by atoms with Gasteiger partial charge in [0.25, 0.3) is 0 Å². The van der Waals surface area contributed by atoms with Crippen molar-refractivity contribution in [1.29, 1.82) is 0 Å². The van der Waals surface area contributed by atoms with Crippen LogP contribution in [0.3, 0.4) is 0 Å². The predicted molar refractivity (Wildman–Crippen MR) is 81.1 cm³/mol. The molecule has 4 nitrogen and oxygen atoms in total. The lowest BCUT2D eigenvalue weighted by molar-refractivity contribution is 0.0733. The molecule has 0 aliphatic carbocycles. The number of ether oxygens (including phenoxy) is 1. The molecule has 0 N–H and O–H groups in total. The van der Waals surface area contributed by atoms with Crippen molar-refractivity contribution < 1.29 is 17.9 Å². The summed E-state index contributed by atoms with van der Waals surface area (Å²) in [6.07, 6.45) is 1.17. The molecular formula is C16H16O4S. The van der Waals surface area contributed by atoms with E-state index in [9.17, 15) is 13.2 Å². The molecule has 0 amide bonds. The summed E-state index contributed by atoms with van der Waals surface area (Å²) in [5.74, 6) is 0.0121. The van der Waals surface area contributed by atoms with Crippen LogP contribution in [0.25, 0.3) is 0 Å². The van der Waals surface area contributed by atoms with Gasteiger partial charge in [-0.25, -0.2) is 13.2 Å². The molecule has 5 heteroatoms. The number of sulfone groups is 1. The Balaban J connectivity index is 2.12. The van der Waals surface area contributed by atoms with Crippen LogP contribution < -0.4 is 4.74 Å². The Morgan fingerprint density at radius 2 is 1.67 bits per heavy atom. The van der Waals surface area contributed by atoms with Crippen LogP contribution in [-0.2, 0) is 15.6 Å². The first-order valence-corrected chi connectivity index (χ1v) is 8.46. The maximum atomic E-state index is 12.0. The second kappa shape index (κ2) is 6.10. The molecule has 0 unspecified atom stereocenters. The zero-order valence-electron chi connectivity index (χ0n) is 11.9. The Kier molecular flexibility index (Phi) is 4.43. The summed E-state index contributed by atoms with van der Waals surface area (Å²) in [6.45, 7) is 1.86. The van der Waals surface area contributed by atoms with E-state index in [1.165, 1.54) is 6.26 Å². The van der Waals surface area contributed by atoms with E-state index in [1.54, 1.807) is 36.4 Å². The second-order valence-electron chi connectivity index (χ2n) is 4.92. The van der Waals surface area contributed by atoms with E-state index in [0.29, 0.717) is 16.9 Å². The maximum Gasteiger partial charge on any atom is 0.343 e. The van der Waals surface area contributed by atoms with Crippen LogP contribution in [0, 0.1) is 6.92 Å². The molecule has 0 aliphatic rings. The molecule has 0 spiro atoms. The van der Waals surface area contributed by atoms with E-state index < -0.39 is 15.8 Å². The molecule has 0 saturated heterocycles. The summed E-state index contributed by atoms with van der Waals surface area (Å²) in [6, 6.07) is 13.6. The maximum absolute atomic E-state index is 12.0. The van der Waals surface area contributed by atoms with Crippen molar-refractivity contribution in [2.24, 2.45) is 0 Å².